The molecule has 0 bridgehead atoms. The lowest BCUT2D eigenvalue weighted by molar-refractivity contribution is 1.16. The highest BCUT2D eigenvalue weighted by molar-refractivity contribution is 6.35. The monoisotopic (exact) mass is 230 g/mol. The van der Waals surface area contributed by atoms with Crippen molar-refractivity contribution in [2.75, 3.05) is 11.5 Å². The molecule has 8 heteroatoms. The molecule has 72 valence electrons. The van der Waals surface area contributed by atoms with Crippen LogP contribution in [0, 0.1) is 0 Å². The molecule has 0 unspecified atom stereocenters. The van der Waals surface area contributed by atoms with Gasteiger partial charge < -0.3 is 11.5 Å². The maximum atomic E-state index is 5.77. The predicted molar refractivity (Wildman–Crippen MR) is 54.0 cm³/mol. The summed E-state index contributed by atoms with van der Waals surface area (Å²) in [6.45, 7) is 0. The van der Waals surface area contributed by atoms with Crippen LogP contribution in [0.3, 0.4) is 0 Å². The van der Waals surface area contributed by atoms with Crippen LogP contribution in [-0.4, -0.2) is 19.9 Å². The van der Waals surface area contributed by atoms with Crippen LogP contribution >= 0.6 is 23.2 Å². The molecule has 2 heterocycles. The Morgan fingerprint density at radius 2 is 1.57 bits per heavy atom. The maximum absolute atomic E-state index is 5.77. The smallest absolute Gasteiger partial charge is 0.224 e. The summed E-state index contributed by atoms with van der Waals surface area (Å²) in [7, 11) is 0. The maximum Gasteiger partial charge on any atom is 0.224 e. The highest BCUT2D eigenvalue weighted by Gasteiger charge is 2.10. The molecule has 2 rings (SSSR count). The molecular weight excluding hydrogens is 227 g/mol. The number of nitrogens with zero attached hydrogens (tertiary/aromatic N) is 4. The van der Waals surface area contributed by atoms with E-state index in [1.54, 1.807) is 0 Å². The van der Waals surface area contributed by atoms with Gasteiger partial charge in [-0.05, 0) is 11.6 Å². The molecule has 0 aliphatic rings. The third kappa shape index (κ3) is 1.38. The lowest BCUT2D eigenvalue weighted by atomic mass is 10.4. The Hall–Kier alpha value is -1.40. The van der Waals surface area contributed by atoms with Crippen molar-refractivity contribution in [2.45, 2.75) is 0 Å². The Morgan fingerprint density at radius 3 is 2.29 bits per heavy atom. The Kier molecular flexibility index (Phi) is 2.01. The van der Waals surface area contributed by atoms with Crippen molar-refractivity contribution in [3.63, 3.8) is 0 Å². The van der Waals surface area contributed by atoms with Gasteiger partial charge in [0.25, 0.3) is 0 Å². The summed E-state index contributed by atoms with van der Waals surface area (Å²) in [4.78, 5) is 15.1. The summed E-state index contributed by atoms with van der Waals surface area (Å²) < 4.78 is 0. The van der Waals surface area contributed by atoms with Gasteiger partial charge in [0, 0.05) is 0 Å². The number of aromatic nitrogens is 4. The minimum atomic E-state index is -0.0115. The average molecular weight is 231 g/mol. The van der Waals surface area contributed by atoms with Gasteiger partial charge in [-0.1, -0.05) is 11.6 Å². The highest BCUT2D eigenvalue weighted by Crippen LogP contribution is 2.23. The minimum absolute atomic E-state index is 0.0115. The molecule has 0 aromatic carbocycles. The van der Waals surface area contributed by atoms with Crippen molar-refractivity contribution in [3.05, 3.63) is 10.4 Å². The fraction of sp³-hybridized carbons (Fsp3) is 0. The average Bonchev–Trinajstić information content (AvgIpc) is 2.07. The molecule has 14 heavy (non-hydrogen) atoms. The quantitative estimate of drug-likeness (QED) is 0.515. The summed E-state index contributed by atoms with van der Waals surface area (Å²) in [6.07, 6.45) is 0. The van der Waals surface area contributed by atoms with E-state index in [1.165, 1.54) is 0 Å². The van der Waals surface area contributed by atoms with Crippen molar-refractivity contribution >= 4 is 46.0 Å². The van der Waals surface area contributed by atoms with Gasteiger partial charge in [0.05, 0.1) is 0 Å². The fourth-order valence-electron chi connectivity index (χ4n) is 0.995. The van der Waals surface area contributed by atoms with Crippen molar-refractivity contribution in [3.8, 4) is 0 Å². The molecule has 0 atom stereocenters. The second kappa shape index (κ2) is 3.07. The van der Waals surface area contributed by atoms with Crippen LogP contribution in [-0.2, 0) is 0 Å². The van der Waals surface area contributed by atoms with Crippen molar-refractivity contribution in [1.82, 2.24) is 19.9 Å². The van der Waals surface area contributed by atoms with E-state index in [2.05, 4.69) is 19.9 Å². The zero-order valence-electron chi connectivity index (χ0n) is 6.70. The van der Waals surface area contributed by atoms with Gasteiger partial charge in [0.15, 0.2) is 11.0 Å². The number of hydrogen-bond donors (Lipinski definition) is 2. The molecule has 0 radical (unpaired) electrons. The lowest BCUT2D eigenvalue weighted by Gasteiger charge is -2.02. The van der Waals surface area contributed by atoms with Crippen molar-refractivity contribution in [1.29, 1.82) is 0 Å². The Bertz CT molecular complexity index is 466. The van der Waals surface area contributed by atoms with Gasteiger partial charge in [0.2, 0.25) is 11.2 Å². The minimum Gasteiger partial charge on any atom is -0.382 e. The zero-order valence-corrected chi connectivity index (χ0v) is 8.21. The highest BCUT2D eigenvalue weighted by atomic mass is 35.5. The first-order valence-electron chi connectivity index (χ1n) is 3.49. The summed E-state index contributed by atoms with van der Waals surface area (Å²) in [5, 5.41) is 0.0865. The van der Waals surface area contributed by atoms with Crippen LogP contribution in [0.2, 0.25) is 10.4 Å². The molecule has 0 saturated heterocycles. The first-order chi connectivity index (χ1) is 6.58. The third-order valence-corrected chi connectivity index (χ3v) is 1.95. The van der Waals surface area contributed by atoms with E-state index in [0.29, 0.717) is 11.0 Å². The molecule has 2 aromatic rings. The van der Waals surface area contributed by atoms with E-state index in [0.717, 1.165) is 0 Å². The summed E-state index contributed by atoms with van der Waals surface area (Å²) >= 11 is 11.4. The standard InChI is InChI=1S/C6H4Cl2N6/c7-3-1-2(11-5(8)13-3)4(9)14-6(10)12-1/h(H4,9,10,12,14). The molecule has 0 amide bonds. The fourth-order valence-corrected chi connectivity index (χ4v) is 1.42. The molecular formula is C6H4Cl2N6. The van der Waals surface area contributed by atoms with Crippen LogP contribution in [0.15, 0.2) is 0 Å². The normalized spacial score (nSPS) is 10.7. The Morgan fingerprint density at radius 1 is 0.857 bits per heavy atom. The van der Waals surface area contributed by atoms with E-state index in [4.69, 9.17) is 34.7 Å². The van der Waals surface area contributed by atoms with Crippen LogP contribution in [0.25, 0.3) is 11.0 Å². The second-order valence-electron chi connectivity index (χ2n) is 2.45. The van der Waals surface area contributed by atoms with Gasteiger partial charge in [-0.15, -0.1) is 0 Å². The van der Waals surface area contributed by atoms with Crippen LogP contribution < -0.4 is 11.5 Å². The number of nitrogens with two attached hydrogens (primary N) is 2. The third-order valence-electron chi connectivity index (χ3n) is 1.52. The van der Waals surface area contributed by atoms with Crippen molar-refractivity contribution in [2.24, 2.45) is 0 Å². The van der Waals surface area contributed by atoms with E-state index in [9.17, 15) is 0 Å². The number of hydrogen-bond acceptors (Lipinski definition) is 6. The lowest BCUT2D eigenvalue weighted by Crippen LogP contribution is -2.03. The number of nitrogen functional groups attached to an aromatic ring is 2. The molecule has 0 aliphatic carbocycles. The van der Waals surface area contributed by atoms with E-state index >= 15 is 0 Å². The van der Waals surface area contributed by atoms with Gasteiger partial charge in [0.1, 0.15) is 11.0 Å². The molecule has 2 aromatic heterocycles. The number of anilines is 2. The Labute approximate surface area is 88.3 Å². The first kappa shape index (κ1) is 9.17. The molecule has 0 saturated carbocycles. The van der Waals surface area contributed by atoms with E-state index in [-0.39, 0.29) is 22.2 Å². The van der Waals surface area contributed by atoms with Gasteiger partial charge in [-0.3, -0.25) is 0 Å². The second-order valence-corrected chi connectivity index (χ2v) is 3.14. The molecule has 6 nitrogen and oxygen atoms in total. The largest absolute Gasteiger partial charge is 0.382 e. The Balaban J connectivity index is 2.94. The first-order valence-corrected chi connectivity index (χ1v) is 4.25. The predicted octanol–water partition coefficient (Wildman–Crippen LogP) is 0.891. The molecule has 4 N–H and O–H groups in total. The number of fused-ring (bicyclic) bond motifs is 1. The number of rotatable bonds is 0. The van der Waals surface area contributed by atoms with Gasteiger partial charge >= 0.3 is 0 Å². The van der Waals surface area contributed by atoms with Gasteiger partial charge in [-0.25, -0.2) is 15.0 Å². The van der Waals surface area contributed by atoms with Gasteiger partial charge in [-0.2, -0.15) is 4.98 Å². The van der Waals surface area contributed by atoms with Crippen LogP contribution in [0.1, 0.15) is 0 Å². The van der Waals surface area contributed by atoms with Crippen LogP contribution in [0.4, 0.5) is 11.8 Å². The molecule has 0 fully saturated rings. The summed E-state index contributed by atoms with van der Waals surface area (Å²) in [6, 6.07) is 0. The number of halogens is 2. The van der Waals surface area contributed by atoms with Crippen LogP contribution in [0.5, 0.6) is 0 Å². The van der Waals surface area contributed by atoms with Crippen molar-refractivity contribution < 1.29 is 0 Å². The van der Waals surface area contributed by atoms with E-state index in [1.807, 2.05) is 0 Å². The van der Waals surface area contributed by atoms with E-state index < -0.39 is 0 Å². The zero-order chi connectivity index (χ0) is 10.3. The molecule has 0 spiro atoms. The topological polar surface area (TPSA) is 104 Å². The molecule has 0 aliphatic heterocycles. The summed E-state index contributed by atoms with van der Waals surface area (Å²) in [5.74, 6) is 0.140. The summed E-state index contributed by atoms with van der Waals surface area (Å²) in [5.41, 5.74) is 11.5. The SMILES string of the molecule is Nc1nc(N)c2nc(Cl)nc(Cl)c2n1.